The van der Waals surface area contributed by atoms with Crippen molar-refractivity contribution in [3.8, 4) is 0 Å². The first-order chi connectivity index (χ1) is 10.4. The third-order valence-corrected chi connectivity index (χ3v) is 3.48. The highest BCUT2D eigenvalue weighted by Gasteiger charge is 2.30. The minimum absolute atomic E-state index is 0.0298. The zero-order valence-corrected chi connectivity index (χ0v) is 12.4. The Morgan fingerprint density at radius 3 is 2.64 bits per heavy atom. The highest BCUT2D eigenvalue weighted by Crippen LogP contribution is 2.29. The molecule has 4 nitrogen and oxygen atoms in total. The number of carbonyl (C=O) groups is 1. The molecule has 1 aromatic rings. The zero-order valence-electron chi connectivity index (χ0n) is 12.4. The van der Waals surface area contributed by atoms with Crippen molar-refractivity contribution in [3.63, 3.8) is 0 Å². The zero-order chi connectivity index (χ0) is 16.2. The van der Waals surface area contributed by atoms with Crippen molar-refractivity contribution >= 4 is 5.91 Å². The first kappa shape index (κ1) is 16.8. The molecule has 0 bridgehead atoms. The average molecular weight is 316 g/mol. The van der Waals surface area contributed by atoms with Crippen LogP contribution in [0.5, 0.6) is 0 Å². The van der Waals surface area contributed by atoms with Gasteiger partial charge in [0.2, 0.25) is 5.91 Å². The summed E-state index contributed by atoms with van der Waals surface area (Å²) in [4.78, 5) is 15.5. The first-order valence-corrected chi connectivity index (χ1v) is 7.06. The van der Waals surface area contributed by atoms with Crippen LogP contribution in [0.2, 0.25) is 0 Å². The van der Waals surface area contributed by atoms with E-state index in [4.69, 9.17) is 4.74 Å². The van der Waals surface area contributed by atoms with Gasteiger partial charge in [-0.2, -0.15) is 13.2 Å². The molecule has 1 saturated heterocycles. The number of hydrogen-bond donors (Lipinski definition) is 0. The number of alkyl halides is 3. The van der Waals surface area contributed by atoms with Crippen LogP contribution in [0.15, 0.2) is 24.3 Å². The summed E-state index contributed by atoms with van der Waals surface area (Å²) in [5.41, 5.74) is -0.134. The van der Waals surface area contributed by atoms with E-state index in [1.165, 1.54) is 6.07 Å². The van der Waals surface area contributed by atoms with Crippen LogP contribution in [0.25, 0.3) is 0 Å². The van der Waals surface area contributed by atoms with Crippen molar-refractivity contribution in [1.82, 2.24) is 9.80 Å². The molecule has 1 amide bonds. The number of likely N-dealkylation sites (N-methyl/N-ethyl adjacent to an activating group) is 1. The van der Waals surface area contributed by atoms with Crippen molar-refractivity contribution < 1.29 is 22.7 Å². The fraction of sp³-hybridized carbons (Fsp3) is 0.533. The monoisotopic (exact) mass is 316 g/mol. The molecule has 0 aliphatic carbocycles. The lowest BCUT2D eigenvalue weighted by molar-refractivity contribution is -0.138. The molecule has 0 N–H and O–H groups in total. The average Bonchev–Trinajstić information content (AvgIpc) is 2.47. The molecule has 0 radical (unpaired) electrons. The Balaban J connectivity index is 1.91. The van der Waals surface area contributed by atoms with Gasteiger partial charge >= 0.3 is 6.18 Å². The summed E-state index contributed by atoms with van der Waals surface area (Å²) in [6.07, 6.45) is -4.35. The topological polar surface area (TPSA) is 32.8 Å². The number of carbonyl (C=O) groups excluding carboxylic acids is 1. The van der Waals surface area contributed by atoms with Crippen LogP contribution < -0.4 is 0 Å². The number of benzene rings is 1. The molecule has 0 saturated carbocycles. The lowest BCUT2D eigenvalue weighted by Gasteiger charge is -2.28. The Morgan fingerprint density at radius 2 is 2.00 bits per heavy atom. The molecule has 0 atom stereocenters. The number of nitrogens with zero attached hydrogens (tertiary/aromatic N) is 2. The minimum Gasteiger partial charge on any atom is -0.378 e. The van der Waals surface area contributed by atoms with Crippen molar-refractivity contribution in [3.05, 3.63) is 35.4 Å². The maximum Gasteiger partial charge on any atom is 0.416 e. The Labute approximate surface area is 127 Å². The fourth-order valence-electron chi connectivity index (χ4n) is 2.36. The Hall–Kier alpha value is -1.60. The lowest BCUT2D eigenvalue weighted by Crippen LogP contribution is -2.44. The third-order valence-electron chi connectivity index (χ3n) is 3.48. The summed E-state index contributed by atoms with van der Waals surface area (Å²) in [7, 11) is 1.72. The van der Waals surface area contributed by atoms with Gasteiger partial charge in [-0.15, -0.1) is 0 Å². The predicted octanol–water partition coefficient (Wildman–Crippen LogP) is 2.00. The molecule has 1 aliphatic heterocycles. The van der Waals surface area contributed by atoms with E-state index in [9.17, 15) is 18.0 Å². The lowest BCUT2D eigenvalue weighted by atomic mass is 10.1. The van der Waals surface area contributed by atoms with E-state index in [-0.39, 0.29) is 12.5 Å². The SMILES string of the molecule is CN(CC(=O)N1CCOCC1)Cc1cccc(C(F)(F)F)c1. The fourth-order valence-corrected chi connectivity index (χ4v) is 2.36. The molecular weight excluding hydrogens is 297 g/mol. The molecule has 122 valence electrons. The highest BCUT2D eigenvalue weighted by molar-refractivity contribution is 5.78. The first-order valence-electron chi connectivity index (χ1n) is 7.06. The number of hydrogen-bond acceptors (Lipinski definition) is 3. The summed E-state index contributed by atoms with van der Waals surface area (Å²) >= 11 is 0. The normalized spacial score (nSPS) is 16.1. The smallest absolute Gasteiger partial charge is 0.378 e. The summed E-state index contributed by atoms with van der Waals surface area (Å²) in [6, 6.07) is 5.18. The quantitative estimate of drug-likeness (QED) is 0.852. The molecule has 22 heavy (non-hydrogen) atoms. The van der Waals surface area contributed by atoms with Gasteiger partial charge in [-0.3, -0.25) is 9.69 Å². The van der Waals surface area contributed by atoms with Crippen molar-refractivity contribution in [1.29, 1.82) is 0 Å². The Bertz CT molecular complexity index is 514. The van der Waals surface area contributed by atoms with Crippen molar-refractivity contribution in [2.45, 2.75) is 12.7 Å². The van der Waals surface area contributed by atoms with Gasteiger partial charge in [0.1, 0.15) is 0 Å². The van der Waals surface area contributed by atoms with Gasteiger partial charge in [0.25, 0.3) is 0 Å². The van der Waals surface area contributed by atoms with Crippen LogP contribution in [0.3, 0.4) is 0 Å². The standard InChI is InChI=1S/C15H19F3N2O2/c1-19(11-14(21)20-5-7-22-8-6-20)10-12-3-2-4-13(9-12)15(16,17)18/h2-4,9H,5-8,10-11H2,1H3. The van der Waals surface area contributed by atoms with Crippen LogP contribution >= 0.6 is 0 Å². The number of halogens is 3. The summed E-state index contributed by atoms with van der Waals surface area (Å²) in [6.45, 7) is 2.66. The molecule has 2 rings (SSSR count). The van der Waals surface area contributed by atoms with Gasteiger partial charge in [0, 0.05) is 19.6 Å². The molecule has 1 aromatic carbocycles. The molecular formula is C15H19F3N2O2. The van der Waals surface area contributed by atoms with Gasteiger partial charge in [0.15, 0.2) is 0 Å². The molecule has 1 fully saturated rings. The van der Waals surface area contributed by atoms with Gasteiger partial charge in [-0.1, -0.05) is 18.2 Å². The number of amides is 1. The molecule has 0 unspecified atom stereocenters. The predicted molar refractivity (Wildman–Crippen MR) is 75.2 cm³/mol. The van der Waals surface area contributed by atoms with E-state index in [1.54, 1.807) is 22.9 Å². The third kappa shape index (κ3) is 4.71. The molecule has 0 spiro atoms. The van der Waals surface area contributed by atoms with Crippen LogP contribution in [-0.2, 0) is 22.3 Å². The molecule has 1 heterocycles. The number of rotatable bonds is 4. The second kappa shape index (κ2) is 7.11. The summed E-state index contributed by atoms with van der Waals surface area (Å²) in [5.74, 6) is -0.0298. The van der Waals surface area contributed by atoms with Gasteiger partial charge in [0.05, 0.1) is 25.3 Å². The maximum atomic E-state index is 12.7. The van der Waals surface area contributed by atoms with E-state index in [2.05, 4.69) is 0 Å². The van der Waals surface area contributed by atoms with Gasteiger partial charge in [-0.25, -0.2) is 0 Å². The summed E-state index contributed by atoms with van der Waals surface area (Å²) < 4.78 is 43.2. The second-order valence-electron chi connectivity index (χ2n) is 5.36. The second-order valence-corrected chi connectivity index (χ2v) is 5.36. The van der Waals surface area contributed by atoms with Crippen molar-refractivity contribution in [2.24, 2.45) is 0 Å². The van der Waals surface area contributed by atoms with Gasteiger partial charge < -0.3 is 9.64 Å². The van der Waals surface area contributed by atoms with Crippen LogP contribution in [0.4, 0.5) is 13.2 Å². The van der Waals surface area contributed by atoms with Crippen LogP contribution in [0.1, 0.15) is 11.1 Å². The van der Waals surface area contributed by atoms with E-state index in [0.29, 0.717) is 38.4 Å². The number of morpholine rings is 1. The Kier molecular flexibility index (Phi) is 5.42. The van der Waals surface area contributed by atoms with E-state index in [1.807, 2.05) is 0 Å². The molecule has 7 heteroatoms. The highest BCUT2D eigenvalue weighted by atomic mass is 19.4. The van der Waals surface area contributed by atoms with Crippen LogP contribution in [0, 0.1) is 0 Å². The molecule has 0 aromatic heterocycles. The number of ether oxygens (including phenoxy) is 1. The van der Waals surface area contributed by atoms with Crippen LogP contribution in [-0.4, -0.2) is 55.6 Å². The maximum absolute atomic E-state index is 12.7. The van der Waals surface area contributed by atoms with Crippen molar-refractivity contribution in [2.75, 3.05) is 39.9 Å². The van der Waals surface area contributed by atoms with E-state index < -0.39 is 11.7 Å². The molecule has 1 aliphatic rings. The largest absolute Gasteiger partial charge is 0.416 e. The van der Waals surface area contributed by atoms with E-state index >= 15 is 0 Å². The summed E-state index contributed by atoms with van der Waals surface area (Å²) in [5, 5.41) is 0. The van der Waals surface area contributed by atoms with Gasteiger partial charge in [-0.05, 0) is 18.7 Å². The van der Waals surface area contributed by atoms with E-state index in [0.717, 1.165) is 12.1 Å². The Morgan fingerprint density at radius 1 is 1.32 bits per heavy atom. The minimum atomic E-state index is -4.35.